The molecular formula is C16H26BrN3O. The Morgan fingerprint density at radius 1 is 1.38 bits per heavy atom. The third kappa shape index (κ3) is 4.83. The van der Waals surface area contributed by atoms with E-state index in [0.717, 1.165) is 31.0 Å². The maximum absolute atomic E-state index is 12.2. The van der Waals surface area contributed by atoms with Gasteiger partial charge in [0, 0.05) is 13.1 Å². The Balaban J connectivity index is 1.88. The van der Waals surface area contributed by atoms with Crippen molar-refractivity contribution in [2.45, 2.75) is 64.8 Å². The van der Waals surface area contributed by atoms with Crippen molar-refractivity contribution in [3.8, 4) is 0 Å². The van der Waals surface area contributed by atoms with E-state index in [2.05, 4.69) is 33.3 Å². The number of nitrogens with one attached hydrogen (secondary N) is 1. The molecule has 0 unspecified atom stereocenters. The molecule has 2 rings (SSSR count). The van der Waals surface area contributed by atoms with Gasteiger partial charge in [0.25, 0.3) is 5.56 Å². The zero-order chi connectivity index (χ0) is 15.1. The molecule has 1 aromatic heterocycles. The fraction of sp³-hybridized carbons (Fsp3) is 0.750. The van der Waals surface area contributed by atoms with Crippen LogP contribution in [0.1, 0.15) is 58.3 Å². The van der Waals surface area contributed by atoms with Gasteiger partial charge in [0.15, 0.2) is 0 Å². The molecule has 0 atom stereocenters. The van der Waals surface area contributed by atoms with Gasteiger partial charge in [-0.15, -0.1) is 0 Å². The number of halogens is 1. The molecule has 4 nitrogen and oxygen atoms in total. The number of rotatable bonds is 7. The average molecular weight is 356 g/mol. The van der Waals surface area contributed by atoms with Crippen LogP contribution in [0, 0.1) is 5.92 Å². The molecular weight excluding hydrogens is 330 g/mol. The summed E-state index contributed by atoms with van der Waals surface area (Å²) in [5.74, 6) is 0.850. The van der Waals surface area contributed by atoms with Crippen molar-refractivity contribution in [1.29, 1.82) is 0 Å². The molecule has 21 heavy (non-hydrogen) atoms. The average Bonchev–Trinajstić information content (AvgIpc) is 2.52. The van der Waals surface area contributed by atoms with Crippen LogP contribution in [0.15, 0.2) is 15.5 Å². The van der Waals surface area contributed by atoms with Crippen LogP contribution in [0.5, 0.6) is 0 Å². The number of anilines is 1. The van der Waals surface area contributed by atoms with Crippen molar-refractivity contribution in [2.24, 2.45) is 5.92 Å². The Bertz CT molecular complexity index is 495. The Labute approximate surface area is 135 Å². The Hall–Kier alpha value is -0.840. The molecule has 0 aliphatic heterocycles. The Morgan fingerprint density at radius 2 is 2.14 bits per heavy atom. The van der Waals surface area contributed by atoms with Gasteiger partial charge in [-0.2, -0.15) is 5.10 Å². The second-order valence-corrected chi connectivity index (χ2v) is 6.77. The summed E-state index contributed by atoms with van der Waals surface area (Å²) in [6, 6.07) is 0. The monoisotopic (exact) mass is 355 g/mol. The standard InChI is InChI=1S/C16H26BrN3O/c1-2-3-11-20-16(21)15(17)14(12-19-20)18-10-9-13-7-5-4-6-8-13/h12-13,18H,2-11H2,1H3. The predicted molar refractivity (Wildman–Crippen MR) is 90.8 cm³/mol. The Morgan fingerprint density at radius 3 is 2.86 bits per heavy atom. The predicted octanol–water partition coefficient (Wildman–Crippen LogP) is 4.19. The second-order valence-electron chi connectivity index (χ2n) is 5.97. The lowest BCUT2D eigenvalue weighted by Gasteiger charge is -2.21. The van der Waals surface area contributed by atoms with E-state index < -0.39 is 0 Å². The molecule has 0 radical (unpaired) electrons. The smallest absolute Gasteiger partial charge is 0.283 e. The minimum atomic E-state index is -0.0360. The van der Waals surface area contributed by atoms with Crippen molar-refractivity contribution < 1.29 is 0 Å². The third-order valence-electron chi connectivity index (χ3n) is 4.30. The van der Waals surface area contributed by atoms with Crippen molar-refractivity contribution in [3.63, 3.8) is 0 Å². The van der Waals surface area contributed by atoms with E-state index in [1.165, 1.54) is 38.5 Å². The maximum atomic E-state index is 12.2. The van der Waals surface area contributed by atoms with E-state index in [0.29, 0.717) is 11.0 Å². The van der Waals surface area contributed by atoms with E-state index in [4.69, 9.17) is 0 Å². The summed E-state index contributed by atoms with van der Waals surface area (Å²) in [6.45, 7) is 3.72. The Kier molecular flexibility index (Phi) is 6.74. The molecule has 1 aliphatic carbocycles. The van der Waals surface area contributed by atoms with E-state index in [-0.39, 0.29) is 5.56 Å². The van der Waals surface area contributed by atoms with Crippen molar-refractivity contribution in [3.05, 3.63) is 21.0 Å². The molecule has 0 amide bonds. The lowest BCUT2D eigenvalue weighted by molar-refractivity contribution is 0.345. The quantitative estimate of drug-likeness (QED) is 0.797. The van der Waals surface area contributed by atoms with Gasteiger partial charge in [0.05, 0.1) is 11.9 Å². The van der Waals surface area contributed by atoms with Gasteiger partial charge in [0.2, 0.25) is 0 Å². The van der Waals surface area contributed by atoms with Crippen LogP contribution in [0.3, 0.4) is 0 Å². The van der Waals surface area contributed by atoms with E-state index in [1.54, 1.807) is 10.9 Å². The molecule has 0 bridgehead atoms. The molecule has 118 valence electrons. The molecule has 1 N–H and O–H groups in total. The lowest BCUT2D eigenvalue weighted by atomic mass is 9.87. The van der Waals surface area contributed by atoms with Crippen LogP contribution in [-0.2, 0) is 6.54 Å². The highest BCUT2D eigenvalue weighted by atomic mass is 79.9. The van der Waals surface area contributed by atoms with Crippen molar-refractivity contribution >= 4 is 21.6 Å². The summed E-state index contributed by atoms with van der Waals surface area (Å²) in [6.07, 6.45) is 11.9. The number of aryl methyl sites for hydroxylation is 1. The SMILES string of the molecule is CCCCn1ncc(NCCC2CCCCC2)c(Br)c1=O. The number of unbranched alkanes of at least 4 members (excludes halogenated alkanes) is 1. The van der Waals surface area contributed by atoms with Crippen LogP contribution in [0.2, 0.25) is 0 Å². The summed E-state index contributed by atoms with van der Waals surface area (Å²) in [5.41, 5.74) is 0.787. The first kappa shape index (κ1) is 16.5. The van der Waals surface area contributed by atoms with Crippen molar-refractivity contribution in [1.82, 2.24) is 9.78 Å². The highest BCUT2D eigenvalue weighted by Crippen LogP contribution is 2.26. The summed E-state index contributed by atoms with van der Waals surface area (Å²) in [5, 5.41) is 7.62. The number of nitrogens with zero attached hydrogens (tertiary/aromatic N) is 2. The molecule has 1 heterocycles. The molecule has 0 aromatic carbocycles. The fourth-order valence-corrected chi connectivity index (χ4v) is 3.39. The normalized spacial score (nSPS) is 16.1. The molecule has 1 aromatic rings. The minimum absolute atomic E-state index is 0.0360. The number of hydrogen-bond donors (Lipinski definition) is 1. The zero-order valence-corrected chi connectivity index (χ0v) is 14.5. The third-order valence-corrected chi connectivity index (χ3v) is 5.07. The number of hydrogen-bond acceptors (Lipinski definition) is 3. The highest BCUT2D eigenvalue weighted by molar-refractivity contribution is 9.10. The van der Waals surface area contributed by atoms with Crippen LogP contribution in [0.4, 0.5) is 5.69 Å². The highest BCUT2D eigenvalue weighted by Gasteiger charge is 2.13. The summed E-state index contributed by atoms with van der Waals surface area (Å²) in [7, 11) is 0. The number of aromatic nitrogens is 2. The van der Waals surface area contributed by atoms with E-state index in [9.17, 15) is 4.79 Å². The van der Waals surface area contributed by atoms with Crippen LogP contribution >= 0.6 is 15.9 Å². The van der Waals surface area contributed by atoms with Crippen molar-refractivity contribution in [2.75, 3.05) is 11.9 Å². The first-order chi connectivity index (χ1) is 10.2. The van der Waals surface area contributed by atoms with Gasteiger partial charge >= 0.3 is 0 Å². The van der Waals surface area contributed by atoms with Gasteiger partial charge in [-0.1, -0.05) is 45.4 Å². The minimum Gasteiger partial charge on any atom is -0.383 e. The van der Waals surface area contributed by atoms with Gasteiger partial charge in [-0.3, -0.25) is 4.79 Å². The molecule has 0 saturated heterocycles. The van der Waals surface area contributed by atoms with Crippen LogP contribution < -0.4 is 10.9 Å². The van der Waals surface area contributed by atoms with Gasteiger partial charge in [0.1, 0.15) is 4.47 Å². The maximum Gasteiger partial charge on any atom is 0.283 e. The first-order valence-electron chi connectivity index (χ1n) is 8.22. The largest absolute Gasteiger partial charge is 0.383 e. The lowest BCUT2D eigenvalue weighted by Crippen LogP contribution is -2.25. The molecule has 1 saturated carbocycles. The van der Waals surface area contributed by atoms with Gasteiger partial charge in [-0.05, 0) is 34.7 Å². The molecule has 0 spiro atoms. The topological polar surface area (TPSA) is 46.9 Å². The zero-order valence-electron chi connectivity index (χ0n) is 12.9. The summed E-state index contributed by atoms with van der Waals surface area (Å²) in [4.78, 5) is 12.2. The van der Waals surface area contributed by atoms with Gasteiger partial charge < -0.3 is 5.32 Å². The second kappa shape index (κ2) is 8.57. The van der Waals surface area contributed by atoms with E-state index in [1.807, 2.05) is 0 Å². The fourth-order valence-electron chi connectivity index (χ4n) is 2.94. The van der Waals surface area contributed by atoms with Crippen LogP contribution in [-0.4, -0.2) is 16.3 Å². The first-order valence-corrected chi connectivity index (χ1v) is 9.01. The summed E-state index contributed by atoms with van der Waals surface area (Å²) >= 11 is 3.41. The van der Waals surface area contributed by atoms with Gasteiger partial charge in [-0.25, -0.2) is 4.68 Å². The molecule has 5 heteroatoms. The molecule has 1 aliphatic rings. The molecule has 1 fully saturated rings. The van der Waals surface area contributed by atoms with E-state index >= 15 is 0 Å². The van der Waals surface area contributed by atoms with Crippen LogP contribution in [0.25, 0.3) is 0 Å². The summed E-state index contributed by atoms with van der Waals surface area (Å²) < 4.78 is 2.15.